The molecule has 0 aromatic rings. The predicted octanol–water partition coefficient (Wildman–Crippen LogP) is 2.42. The van der Waals surface area contributed by atoms with Crippen molar-refractivity contribution in [2.24, 2.45) is 11.3 Å². The van der Waals surface area contributed by atoms with Crippen LogP contribution in [0.4, 0.5) is 0 Å². The van der Waals surface area contributed by atoms with Gasteiger partial charge in [-0.15, -0.1) is 0 Å². The van der Waals surface area contributed by atoms with Crippen molar-refractivity contribution in [1.82, 2.24) is 29.8 Å². The third kappa shape index (κ3) is 7.84. The molecule has 3 saturated heterocycles. The molecule has 3 aliphatic rings. The summed E-state index contributed by atoms with van der Waals surface area (Å²) in [6.45, 7) is 15.7. The fraction of sp³-hybridized carbons (Fsp3) is 0.875. The highest BCUT2D eigenvalue weighted by Crippen LogP contribution is 2.29. The summed E-state index contributed by atoms with van der Waals surface area (Å²) in [5, 5.41) is 3.14. The van der Waals surface area contributed by atoms with Gasteiger partial charge in [0.05, 0.1) is 12.1 Å². The third-order valence-corrected chi connectivity index (χ3v) is 9.83. The van der Waals surface area contributed by atoms with E-state index in [2.05, 4.69) is 29.0 Å². The smallest absolute Gasteiger partial charge is 0.245 e. The van der Waals surface area contributed by atoms with E-state index < -0.39 is 11.5 Å². The van der Waals surface area contributed by atoms with Crippen LogP contribution in [-0.2, 0) is 19.2 Å². The molecule has 0 bridgehead atoms. The zero-order chi connectivity index (χ0) is 31.4. The van der Waals surface area contributed by atoms with Gasteiger partial charge in [0.2, 0.25) is 23.6 Å². The highest BCUT2D eigenvalue weighted by Gasteiger charge is 2.44. The lowest BCUT2D eigenvalue weighted by molar-refractivity contribution is -0.146. The summed E-state index contributed by atoms with van der Waals surface area (Å²) in [6.07, 6.45) is 6.14. The van der Waals surface area contributed by atoms with Crippen LogP contribution in [0.15, 0.2) is 0 Å². The Balaban J connectivity index is 1.74. The number of rotatable bonds is 10. The van der Waals surface area contributed by atoms with Crippen molar-refractivity contribution in [2.75, 3.05) is 53.9 Å². The number of nitrogens with one attached hydrogen (secondary N) is 1. The average molecular weight is 591 g/mol. The highest BCUT2D eigenvalue weighted by atomic mass is 16.2. The predicted molar refractivity (Wildman–Crippen MR) is 166 cm³/mol. The molecule has 0 radical (unpaired) electrons. The lowest BCUT2D eigenvalue weighted by atomic mass is 9.84. The molecule has 3 rings (SSSR count). The van der Waals surface area contributed by atoms with Crippen molar-refractivity contribution in [2.45, 2.75) is 117 Å². The molecule has 0 spiro atoms. The fourth-order valence-corrected chi connectivity index (χ4v) is 6.89. The second-order valence-corrected chi connectivity index (χ2v) is 14.3. The van der Waals surface area contributed by atoms with Crippen molar-refractivity contribution in [1.29, 1.82) is 0 Å². The van der Waals surface area contributed by atoms with Gasteiger partial charge in [0, 0.05) is 39.8 Å². The molecule has 3 aliphatic heterocycles. The first kappa shape index (κ1) is 34.3. The Morgan fingerprint density at radius 3 is 2.10 bits per heavy atom. The summed E-state index contributed by atoms with van der Waals surface area (Å²) < 4.78 is 0. The highest BCUT2D eigenvalue weighted by molar-refractivity contribution is 5.91. The van der Waals surface area contributed by atoms with Gasteiger partial charge in [0.25, 0.3) is 0 Å². The summed E-state index contributed by atoms with van der Waals surface area (Å²) in [7, 11) is 5.62. The number of piperidine rings is 1. The van der Waals surface area contributed by atoms with Gasteiger partial charge in [-0.05, 0) is 76.9 Å². The second-order valence-electron chi connectivity index (χ2n) is 14.3. The Hall–Kier alpha value is -2.20. The maximum atomic E-state index is 14.1. The molecule has 42 heavy (non-hydrogen) atoms. The second kappa shape index (κ2) is 14.5. The molecule has 0 aliphatic carbocycles. The molecule has 240 valence electrons. The lowest BCUT2D eigenvalue weighted by Gasteiger charge is -2.41. The molecular weight excluding hydrogens is 532 g/mol. The third-order valence-electron chi connectivity index (χ3n) is 9.83. The van der Waals surface area contributed by atoms with Crippen LogP contribution in [0.2, 0.25) is 0 Å². The van der Waals surface area contributed by atoms with Gasteiger partial charge >= 0.3 is 0 Å². The number of likely N-dealkylation sites (tertiary alicyclic amines) is 3. The minimum atomic E-state index is -0.658. The van der Waals surface area contributed by atoms with Crippen molar-refractivity contribution >= 4 is 23.6 Å². The van der Waals surface area contributed by atoms with E-state index in [0.29, 0.717) is 26.1 Å². The first-order valence-electron chi connectivity index (χ1n) is 16.3. The molecular formula is C32H58N6O4. The van der Waals surface area contributed by atoms with E-state index in [-0.39, 0.29) is 53.7 Å². The number of hydrogen-bond acceptors (Lipinski definition) is 6. The Morgan fingerprint density at radius 2 is 1.50 bits per heavy atom. The number of amides is 4. The van der Waals surface area contributed by atoms with Gasteiger partial charge in [0.1, 0.15) is 12.1 Å². The van der Waals surface area contributed by atoms with E-state index in [1.54, 1.807) is 11.9 Å². The fourth-order valence-electron chi connectivity index (χ4n) is 6.89. The average Bonchev–Trinajstić information content (AvgIpc) is 3.62. The molecule has 3 fully saturated rings. The zero-order valence-electron chi connectivity index (χ0n) is 27.8. The molecule has 1 N–H and O–H groups in total. The van der Waals surface area contributed by atoms with E-state index in [0.717, 1.165) is 51.6 Å². The standard InChI is InChI=1S/C32H58N6O4/c1-10-34(7)29(40)25-17-14-20-38(25)30(41)24-16-13-19-37(24)21-26(22(2)3)36(9)31(42)27(32(4,5)6)33-28(39)23-15-11-12-18-35(23)8/h22-27H,10-21H2,1-9H3,(H,33,39)/t23?,24-,25-,26+,27+/m0/s1. The van der Waals surface area contributed by atoms with Gasteiger partial charge in [-0.2, -0.15) is 0 Å². The van der Waals surface area contributed by atoms with Crippen LogP contribution in [-0.4, -0.2) is 132 Å². The number of nitrogens with zero attached hydrogens (tertiary/aromatic N) is 5. The van der Waals surface area contributed by atoms with Crippen LogP contribution in [0.5, 0.6) is 0 Å². The minimum Gasteiger partial charge on any atom is -0.344 e. The van der Waals surface area contributed by atoms with E-state index in [1.165, 1.54) is 0 Å². The van der Waals surface area contributed by atoms with E-state index >= 15 is 0 Å². The summed E-state index contributed by atoms with van der Waals surface area (Å²) >= 11 is 0. The Labute approximate surface area is 254 Å². The Morgan fingerprint density at radius 1 is 0.881 bits per heavy atom. The Bertz CT molecular complexity index is 965. The summed E-state index contributed by atoms with van der Waals surface area (Å²) in [5.41, 5.74) is -0.467. The minimum absolute atomic E-state index is 0.0213. The first-order chi connectivity index (χ1) is 19.7. The van der Waals surface area contributed by atoms with Gasteiger partial charge in [0.15, 0.2) is 0 Å². The van der Waals surface area contributed by atoms with Crippen LogP contribution in [0, 0.1) is 11.3 Å². The summed E-state index contributed by atoms with van der Waals surface area (Å²) in [6, 6.07) is -1.66. The maximum absolute atomic E-state index is 14.1. The first-order valence-corrected chi connectivity index (χ1v) is 16.3. The summed E-state index contributed by atoms with van der Waals surface area (Å²) in [4.78, 5) is 64.0. The van der Waals surface area contributed by atoms with Crippen LogP contribution in [0.25, 0.3) is 0 Å². The quantitative estimate of drug-likeness (QED) is 0.420. The maximum Gasteiger partial charge on any atom is 0.245 e. The number of carbonyl (C=O) groups excluding carboxylic acids is 4. The van der Waals surface area contributed by atoms with Crippen LogP contribution in [0.3, 0.4) is 0 Å². The summed E-state index contributed by atoms with van der Waals surface area (Å²) in [5.74, 6) is 0.0423. The SMILES string of the molecule is CCN(C)C(=O)[C@@H]1CCCN1C(=O)[C@@H]1CCCN1C[C@H](C(C)C)N(C)C(=O)[C@@H](NC(=O)C1CCCCN1C)C(C)(C)C. The largest absolute Gasteiger partial charge is 0.344 e. The van der Waals surface area contributed by atoms with Crippen molar-refractivity contribution in [3.63, 3.8) is 0 Å². The van der Waals surface area contributed by atoms with E-state index in [1.807, 2.05) is 51.6 Å². The molecule has 5 atom stereocenters. The molecule has 3 heterocycles. The normalized spacial score (nSPS) is 25.4. The van der Waals surface area contributed by atoms with Crippen molar-refractivity contribution < 1.29 is 19.2 Å². The van der Waals surface area contributed by atoms with E-state index in [9.17, 15) is 19.2 Å². The Kier molecular flexibility index (Phi) is 11.9. The molecule has 0 aromatic carbocycles. The number of carbonyl (C=O) groups is 4. The topological polar surface area (TPSA) is 96.5 Å². The van der Waals surface area contributed by atoms with Gasteiger partial charge in [-0.25, -0.2) is 0 Å². The molecule has 10 heteroatoms. The van der Waals surface area contributed by atoms with Crippen LogP contribution < -0.4 is 5.32 Å². The molecule has 0 aromatic heterocycles. The van der Waals surface area contributed by atoms with Crippen molar-refractivity contribution in [3.8, 4) is 0 Å². The van der Waals surface area contributed by atoms with Gasteiger partial charge in [-0.3, -0.25) is 29.0 Å². The molecule has 1 unspecified atom stereocenters. The van der Waals surface area contributed by atoms with Gasteiger partial charge < -0.3 is 20.0 Å². The molecule has 10 nitrogen and oxygen atoms in total. The number of likely N-dealkylation sites (N-methyl/N-ethyl adjacent to an activating group) is 3. The van der Waals surface area contributed by atoms with Crippen molar-refractivity contribution in [3.05, 3.63) is 0 Å². The van der Waals surface area contributed by atoms with Gasteiger partial charge in [-0.1, -0.05) is 41.0 Å². The van der Waals surface area contributed by atoms with Crippen LogP contribution >= 0.6 is 0 Å². The monoisotopic (exact) mass is 590 g/mol. The lowest BCUT2D eigenvalue weighted by Crippen LogP contribution is -2.61. The van der Waals surface area contributed by atoms with Crippen LogP contribution in [0.1, 0.15) is 86.5 Å². The van der Waals surface area contributed by atoms with E-state index in [4.69, 9.17) is 0 Å². The zero-order valence-corrected chi connectivity index (χ0v) is 27.8. The molecule has 0 saturated carbocycles. The molecule has 4 amide bonds. The number of hydrogen-bond donors (Lipinski definition) is 1.